The second kappa shape index (κ2) is 5.41. The van der Waals surface area contributed by atoms with Crippen LogP contribution < -0.4 is 5.73 Å². The molecule has 1 fully saturated rings. The molecule has 0 spiro atoms. The molecule has 100 valence electrons. The Balaban J connectivity index is 2.07. The van der Waals surface area contributed by atoms with Gasteiger partial charge in [0.15, 0.2) is 0 Å². The van der Waals surface area contributed by atoms with E-state index in [1.54, 1.807) is 7.11 Å². The van der Waals surface area contributed by atoms with E-state index in [0.29, 0.717) is 11.8 Å². The molecular weight excluding hydrogens is 222 g/mol. The molecule has 3 unspecified atom stereocenters. The molecule has 0 aliphatic heterocycles. The molecule has 1 aliphatic carbocycles. The predicted octanol–water partition coefficient (Wildman–Crippen LogP) is 3.32. The Labute approximate surface area is 111 Å². The standard InChI is InChI=1S/C16H25NO/c1-4-16(5-2,18-3)15(17)14-11-13(14)12-9-7-6-8-10-12/h6-10,13-15H,4-5,11,17H2,1-3H3. The van der Waals surface area contributed by atoms with E-state index < -0.39 is 0 Å². The monoisotopic (exact) mass is 247 g/mol. The molecule has 0 amide bonds. The summed E-state index contributed by atoms with van der Waals surface area (Å²) in [6.07, 6.45) is 3.18. The molecule has 0 heterocycles. The van der Waals surface area contributed by atoms with E-state index in [2.05, 4.69) is 44.2 Å². The van der Waals surface area contributed by atoms with Crippen molar-refractivity contribution in [2.24, 2.45) is 11.7 Å². The van der Waals surface area contributed by atoms with Crippen LogP contribution in [0, 0.1) is 5.92 Å². The number of nitrogens with two attached hydrogens (primary N) is 1. The molecule has 2 rings (SSSR count). The minimum absolute atomic E-state index is 0.141. The third kappa shape index (κ3) is 2.32. The molecule has 0 radical (unpaired) electrons. The van der Waals surface area contributed by atoms with Crippen LogP contribution in [0.1, 0.15) is 44.6 Å². The van der Waals surface area contributed by atoms with Crippen LogP contribution in [-0.2, 0) is 4.74 Å². The summed E-state index contributed by atoms with van der Waals surface area (Å²) in [5.41, 5.74) is 7.77. The maximum atomic E-state index is 6.49. The summed E-state index contributed by atoms with van der Waals surface area (Å²) in [7, 11) is 1.80. The van der Waals surface area contributed by atoms with Crippen LogP contribution in [0.5, 0.6) is 0 Å². The van der Waals surface area contributed by atoms with Gasteiger partial charge in [-0.1, -0.05) is 44.2 Å². The minimum Gasteiger partial charge on any atom is -0.377 e. The Kier molecular flexibility index (Phi) is 4.08. The SMILES string of the molecule is CCC(CC)(OC)C(N)C1CC1c1ccccc1. The van der Waals surface area contributed by atoms with E-state index in [1.165, 1.54) is 12.0 Å². The maximum Gasteiger partial charge on any atom is 0.0826 e. The fourth-order valence-electron chi connectivity index (χ4n) is 3.23. The van der Waals surface area contributed by atoms with Gasteiger partial charge in [-0.05, 0) is 36.7 Å². The fourth-order valence-corrected chi connectivity index (χ4v) is 3.23. The Morgan fingerprint density at radius 2 is 1.89 bits per heavy atom. The van der Waals surface area contributed by atoms with Crippen LogP contribution in [0.15, 0.2) is 30.3 Å². The van der Waals surface area contributed by atoms with E-state index in [1.807, 2.05) is 0 Å². The van der Waals surface area contributed by atoms with Gasteiger partial charge in [-0.3, -0.25) is 0 Å². The lowest BCUT2D eigenvalue weighted by molar-refractivity contribution is -0.0432. The Hall–Kier alpha value is -0.860. The van der Waals surface area contributed by atoms with Gasteiger partial charge in [-0.15, -0.1) is 0 Å². The van der Waals surface area contributed by atoms with Gasteiger partial charge in [0.25, 0.3) is 0 Å². The van der Waals surface area contributed by atoms with Crippen LogP contribution >= 0.6 is 0 Å². The number of hydrogen-bond acceptors (Lipinski definition) is 2. The zero-order valence-corrected chi connectivity index (χ0v) is 11.7. The van der Waals surface area contributed by atoms with Gasteiger partial charge in [0, 0.05) is 13.2 Å². The van der Waals surface area contributed by atoms with E-state index >= 15 is 0 Å². The lowest BCUT2D eigenvalue weighted by Gasteiger charge is -2.36. The maximum absolute atomic E-state index is 6.49. The topological polar surface area (TPSA) is 35.2 Å². The average Bonchev–Trinajstić information content (AvgIpc) is 3.22. The van der Waals surface area contributed by atoms with Gasteiger partial charge in [-0.2, -0.15) is 0 Å². The number of methoxy groups -OCH3 is 1. The largest absolute Gasteiger partial charge is 0.377 e. The first-order valence-electron chi connectivity index (χ1n) is 7.04. The molecule has 0 aromatic heterocycles. The third-order valence-corrected chi connectivity index (χ3v) is 4.74. The van der Waals surface area contributed by atoms with Crippen molar-refractivity contribution in [1.82, 2.24) is 0 Å². The van der Waals surface area contributed by atoms with E-state index in [9.17, 15) is 0 Å². The van der Waals surface area contributed by atoms with Crippen molar-refractivity contribution in [3.8, 4) is 0 Å². The fraction of sp³-hybridized carbons (Fsp3) is 0.625. The summed E-state index contributed by atoms with van der Waals surface area (Å²) in [6, 6.07) is 10.9. The smallest absolute Gasteiger partial charge is 0.0826 e. The van der Waals surface area contributed by atoms with E-state index in [0.717, 1.165) is 12.8 Å². The second-order valence-electron chi connectivity index (χ2n) is 5.42. The van der Waals surface area contributed by atoms with Crippen LogP contribution in [0.3, 0.4) is 0 Å². The van der Waals surface area contributed by atoms with Gasteiger partial charge in [0.05, 0.1) is 5.60 Å². The van der Waals surface area contributed by atoms with Gasteiger partial charge in [0.1, 0.15) is 0 Å². The molecule has 0 saturated heterocycles. The molecule has 2 N–H and O–H groups in total. The predicted molar refractivity (Wildman–Crippen MR) is 75.6 cm³/mol. The number of ether oxygens (including phenoxy) is 1. The lowest BCUT2D eigenvalue weighted by atomic mass is 9.84. The van der Waals surface area contributed by atoms with Crippen molar-refractivity contribution in [2.45, 2.75) is 50.7 Å². The lowest BCUT2D eigenvalue weighted by Crippen LogP contribution is -2.50. The highest BCUT2D eigenvalue weighted by Gasteiger charge is 2.49. The van der Waals surface area contributed by atoms with Crippen molar-refractivity contribution in [3.05, 3.63) is 35.9 Å². The molecule has 1 aromatic rings. The minimum atomic E-state index is -0.145. The van der Waals surface area contributed by atoms with Crippen molar-refractivity contribution in [2.75, 3.05) is 7.11 Å². The third-order valence-electron chi connectivity index (χ3n) is 4.74. The highest BCUT2D eigenvalue weighted by Crippen LogP contribution is 2.52. The van der Waals surface area contributed by atoms with Crippen molar-refractivity contribution < 1.29 is 4.74 Å². The molecular formula is C16H25NO. The highest BCUT2D eigenvalue weighted by molar-refractivity contribution is 5.27. The Morgan fingerprint density at radius 3 is 2.39 bits per heavy atom. The second-order valence-corrected chi connectivity index (χ2v) is 5.42. The first-order chi connectivity index (χ1) is 8.68. The van der Waals surface area contributed by atoms with Crippen LogP contribution in [0.25, 0.3) is 0 Å². The van der Waals surface area contributed by atoms with Crippen LogP contribution in [-0.4, -0.2) is 18.8 Å². The molecule has 18 heavy (non-hydrogen) atoms. The molecule has 1 saturated carbocycles. The van der Waals surface area contributed by atoms with Gasteiger partial charge >= 0.3 is 0 Å². The number of rotatable bonds is 6. The normalized spacial score (nSPS) is 24.9. The summed E-state index contributed by atoms with van der Waals surface area (Å²) in [5, 5.41) is 0. The first kappa shape index (κ1) is 13.6. The first-order valence-corrected chi connectivity index (χ1v) is 7.04. The van der Waals surface area contributed by atoms with E-state index in [4.69, 9.17) is 10.5 Å². The highest BCUT2D eigenvalue weighted by atomic mass is 16.5. The molecule has 2 nitrogen and oxygen atoms in total. The average molecular weight is 247 g/mol. The molecule has 1 aliphatic rings. The molecule has 3 atom stereocenters. The summed E-state index contributed by atoms with van der Waals surface area (Å²) in [6.45, 7) is 4.35. The summed E-state index contributed by atoms with van der Waals surface area (Å²) >= 11 is 0. The van der Waals surface area contributed by atoms with Gasteiger partial charge in [-0.25, -0.2) is 0 Å². The van der Waals surface area contributed by atoms with Crippen LogP contribution in [0.4, 0.5) is 0 Å². The summed E-state index contributed by atoms with van der Waals surface area (Å²) in [4.78, 5) is 0. The van der Waals surface area contributed by atoms with Crippen LogP contribution in [0.2, 0.25) is 0 Å². The quantitative estimate of drug-likeness (QED) is 0.837. The zero-order valence-electron chi connectivity index (χ0n) is 11.7. The Bertz CT molecular complexity index is 364. The Morgan fingerprint density at radius 1 is 1.28 bits per heavy atom. The zero-order chi connectivity index (χ0) is 13.2. The van der Waals surface area contributed by atoms with Crippen molar-refractivity contribution >= 4 is 0 Å². The summed E-state index contributed by atoms with van der Waals surface area (Å²) < 4.78 is 5.76. The molecule has 0 bridgehead atoms. The number of hydrogen-bond donors (Lipinski definition) is 1. The van der Waals surface area contributed by atoms with Crippen molar-refractivity contribution in [1.29, 1.82) is 0 Å². The van der Waals surface area contributed by atoms with Crippen molar-refractivity contribution in [3.63, 3.8) is 0 Å². The number of benzene rings is 1. The summed E-state index contributed by atoms with van der Waals surface area (Å²) in [5.74, 6) is 1.21. The van der Waals surface area contributed by atoms with Gasteiger partial charge < -0.3 is 10.5 Å². The van der Waals surface area contributed by atoms with Gasteiger partial charge in [0.2, 0.25) is 0 Å². The van der Waals surface area contributed by atoms with E-state index in [-0.39, 0.29) is 11.6 Å². The molecule has 1 aromatic carbocycles. The molecule has 2 heteroatoms.